The van der Waals surface area contributed by atoms with Gasteiger partial charge in [0.05, 0.1) is 19.0 Å². The number of hydrogen-bond donors (Lipinski definition) is 1. The smallest absolute Gasteiger partial charge is 0.335 e. The van der Waals surface area contributed by atoms with Crippen molar-refractivity contribution in [3.8, 4) is 0 Å². The Morgan fingerprint density at radius 1 is 0.909 bits per heavy atom. The third-order valence-corrected chi connectivity index (χ3v) is 17.5. The van der Waals surface area contributed by atoms with Gasteiger partial charge in [0, 0.05) is 6.42 Å². The second kappa shape index (κ2) is 9.01. The van der Waals surface area contributed by atoms with E-state index in [9.17, 15) is 0 Å². The first-order chi connectivity index (χ1) is 15.5. The monoisotopic (exact) mass is 493 g/mol. The Labute approximate surface area is 198 Å². The van der Waals surface area contributed by atoms with Crippen LogP contribution in [0.2, 0.25) is 22.2 Å². The van der Waals surface area contributed by atoms with Gasteiger partial charge in [0.15, 0.2) is 11.5 Å². The minimum Gasteiger partial charge on any atom is -0.414 e. The van der Waals surface area contributed by atoms with Crippen molar-refractivity contribution in [3.05, 3.63) is 12.7 Å². The number of rotatable bonds is 5. The lowest BCUT2D eigenvalue weighted by molar-refractivity contribution is -0.0544. The molecule has 0 amide bonds. The molecule has 9 nitrogen and oxygen atoms in total. The van der Waals surface area contributed by atoms with Gasteiger partial charge in [-0.15, -0.1) is 0 Å². The van der Waals surface area contributed by atoms with E-state index in [0.29, 0.717) is 41.1 Å². The molecule has 184 valence electrons. The Hall–Kier alpha value is -1.38. The fraction of sp³-hybridized carbons (Fsp3) is 0.773. The number of fused-ring (bicyclic) bond motifs is 2. The van der Waals surface area contributed by atoms with Crippen molar-refractivity contribution in [2.75, 3.05) is 12.3 Å². The summed E-state index contributed by atoms with van der Waals surface area (Å²) in [6.07, 6.45) is 3.31. The summed E-state index contributed by atoms with van der Waals surface area (Å²) in [6.45, 7) is 18.3. The third kappa shape index (κ3) is 4.06. The van der Waals surface area contributed by atoms with Crippen molar-refractivity contribution in [2.24, 2.45) is 0 Å². The normalized spacial score (nSPS) is 27.5. The molecule has 2 N–H and O–H groups in total. The SMILES string of the molecule is CC(C)[Si]1(C(C)C)OC[C@H]2O[C@@H](n3cnc4c(N)ncnc43)C[C@@H]2O[Si](C(C)C)(C(C)C)O1. The van der Waals surface area contributed by atoms with Crippen LogP contribution in [0, 0.1) is 0 Å². The number of nitrogen functional groups attached to an aromatic ring is 1. The second-order valence-corrected chi connectivity index (χ2v) is 19.4. The maximum Gasteiger partial charge on any atom is 0.335 e. The number of hydrogen-bond acceptors (Lipinski definition) is 8. The first-order valence-electron chi connectivity index (χ1n) is 12.1. The molecule has 0 bridgehead atoms. The first kappa shape index (κ1) is 24.7. The van der Waals surface area contributed by atoms with Crippen LogP contribution in [0.3, 0.4) is 0 Å². The highest BCUT2D eigenvalue weighted by Crippen LogP contribution is 2.48. The van der Waals surface area contributed by atoms with Crippen molar-refractivity contribution >= 4 is 34.1 Å². The summed E-state index contributed by atoms with van der Waals surface area (Å²) in [5.41, 5.74) is 8.42. The number of nitrogens with two attached hydrogens (primary N) is 1. The zero-order valence-corrected chi connectivity index (χ0v) is 23.1. The van der Waals surface area contributed by atoms with Crippen LogP contribution in [0.25, 0.3) is 11.2 Å². The van der Waals surface area contributed by atoms with Crippen LogP contribution in [-0.2, 0) is 17.7 Å². The Bertz CT molecular complexity index is 967. The highest BCUT2D eigenvalue weighted by Gasteiger charge is 2.60. The lowest BCUT2D eigenvalue weighted by Gasteiger charge is -2.51. The van der Waals surface area contributed by atoms with Crippen LogP contribution in [0.4, 0.5) is 5.82 Å². The number of aromatic nitrogens is 4. The molecule has 4 heterocycles. The topological polar surface area (TPSA) is 107 Å². The largest absolute Gasteiger partial charge is 0.414 e. The lowest BCUT2D eigenvalue weighted by atomic mass is 10.2. The van der Waals surface area contributed by atoms with Gasteiger partial charge >= 0.3 is 17.1 Å². The molecule has 2 saturated heterocycles. The first-order valence-corrected chi connectivity index (χ1v) is 16.1. The fourth-order valence-electron chi connectivity index (χ4n) is 5.39. The molecule has 0 aromatic carbocycles. The number of ether oxygens (including phenoxy) is 1. The van der Waals surface area contributed by atoms with Crippen molar-refractivity contribution in [1.82, 2.24) is 19.5 Å². The van der Waals surface area contributed by atoms with E-state index < -0.39 is 17.1 Å². The van der Waals surface area contributed by atoms with E-state index in [0.717, 1.165) is 0 Å². The molecule has 3 atom stereocenters. The quantitative estimate of drug-likeness (QED) is 0.600. The predicted octanol–water partition coefficient (Wildman–Crippen LogP) is 4.65. The number of anilines is 1. The van der Waals surface area contributed by atoms with Crippen LogP contribution in [0.1, 0.15) is 68.0 Å². The standard InChI is InChI=1S/C22H39N5O4Si2/c1-13(2)32(14(3)4)28-10-18-17(30-33(31-32,15(5)6)16(7)8)9-19(29-18)27-12-26-20-21(23)24-11-25-22(20)27/h11-19H,9-10H2,1-8H3,(H2,23,24,25)/t17-,18+,19+/m0/s1. The molecule has 2 fully saturated rings. The molecule has 2 aliphatic rings. The molecule has 11 heteroatoms. The van der Waals surface area contributed by atoms with Crippen molar-refractivity contribution in [1.29, 1.82) is 0 Å². The highest BCUT2D eigenvalue weighted by atomic mass is 28.5. The van der Waals surface area contributed by atoms with E-state index in [1.807, 2.05) is 4.57 Å². The van der Waals surface area contributed by atoms with Gasteiger partial charge in [0.25, 0.3) is 0 Å². The Morgan fingerprint density at radius 2 is 1.55 bits per heavy atom. The number of nitrogens with zero attached hydrogens (tertiary/aromatic N) is 4. The maximum atomic E-state index is 7.25. The summed E-state index contributed by atoms with van der Waals surface area (Å²) in [5.74, 6) is 0.367. The van der Waals surface area contributed by atoms with Gasteiger partial charge in [0.1, 0.15) is 24.2 Å². The molecule has 2 aromatic heterocycles. The maximum absolute atomic E-state index is 7.25. The predicted molar refractivity (Wildman–Crippen MR) is 132 cm³/mol. The van der Waals surface area contributed by atoms with Crippen molar-refractivity contribution in [2.45, 2.75) is 102 Å². The lowest BCUT2D eigenvalue weighted by Crippen LogP contribution is -2.65. The molecule has 0 saturated carbocycles. The average molecular weight is 494 g/mol. The summed E-state index contributed by atoms with van der Waals surface area (Å²) in [7, 11) is -5.24. The van der Waals surface area contributed by atoms with E-state index in [-0.39, 0.29) is 29.5 Å². The molecule has 4 rings (SSSR count). The van der Waals surface area contributed by atoms with E-state index in [1.54, 1.807) is 6.33 Å². The van der Waals surface area contributed by atoms with E-state index in [2.05, 4.69) is 70.3 Å². The minimum atomic E-state index is -2.66. The van der Waals surface area contributed by atoms with Gasteiger partial charge in [-0.25, -0.2) is 15.0 Å². The molecule has 0 spiro atoms. The summed E-state index contributed by atoms with van der Waals surface area (Å²) in [6, 6.07) is 0. The Kier molecular flexibility index (Phi) is 6.75. The molecular weight excluding hydrogens is 454 g/mol. The molecule has 2 aliphatic heterocycles. The molecule has 0 aliphatic carbocycles. The third-order valence-electron chi connectivity index (χ3n) is 7.22. The molecular formula is C22H39N5O4Si2. The van der Waals surface area contributed by atoms with Gasteiger partial charge in [0.2, 0.25) is 0 Å². The van der Waals surface area contributed by atoms with Crippen molar-refractivity contribution < 1.29 is 17.7 Å². The zero-order valence-electron chi connectivity index (χ0n) is 21.1. The second-order valence-electron chi connectivity index (χ2n) is 10.6. The van der Waals surface area contributed by atoms with Gasteiger partial charge < -0.3 is 23.4 Å². The summed E-state index contributed by atoms with van der Waals surface area (Å²) < 4.78 is 29.7. The van der Waals surface area contributed by atoms with Gasteiger partial charge in [-0.2, -0.15) is 0 Å². The van der Waals surface area contributed by atoms with E-state index >= 15 is 0 Å². The fourth-order valence-corrected chi connectivity index (χ4v) is 16.6. The van der Waals surface area contributed by atoms with Crippen LogP contribution < -0.4 is 5.73 Å². The summed E-state index contributed by atoms with van der Waals surface area (Å²) in [5, 5.41) is 0. The van der Waals surface area contributed by atoms with Crippen LogP contribution in [0.15, 0.2) is 12.7 Å². The molecule has 2 aromatic rings. The summed E-state index contributed by atoms with van der Waals surface area (Å²) in [4.78, 5) is 12.9. The number of imidazole rings is 1. The van der Waals surface area contributed by atoms with E-state index in [1.165, 1.54) is 6.33 Å². The molecule has 33 heavy (non-hydrogen) atoms. The van der Waals surface area contributed by atoms with E-state index in [4.69, 9.17) is 23.4 Å². The Balaban J connectivity index is 1.72. The zero-order chi connectivity index (χ0) is 24.1. The van der Waals surface area contributed by atoms with Crippen LogP contribution in [0.5, 0.6) is 0 Å². The van der Waals surface area contributed by atoms with Gasteiger partial charge in [-0.05, 0) is 22.2 Å². The highest BCUT2D eigenvalue weighted by molar-refractivity contribution is 6.83. The van der Waals surface area contributed by atoms with Crippen LogP contribution in [-0.4, -0.2) is 55.5 Å². The molecule has 0 unspecified atom stereocenters. The van der Waals surface area contributed by atoms with Crippen molar-refractivity contribution in [3.63, 3.8) is 0 Å². The van der Waals surface area contributed by atoms with Crippen LogP contribution >= 0.6 is 0 Å². The minimum absolute atomic E-state index is 0.116. The van der Waals surface area contributed by atoms with Gasteiger partial charge in [-0.3, -0.25) is 4.57 Å². The summed E-state index contributed by atoms with van der Waals surface area (Å²) >= 11 is 0. The average Bonchev–Trinajstić information content (AvgIpc) is 3.32. The molecule has 0 radical (unpaired) electrons. The van der Waals surface area contributed by atoms with Gasteiger partial charge in [-0.1, -0.05) is 55.4 Å². The Morgan fingerprint density at radius 3 is 2.15 bits per heavy atom.